The van der Waals surface area contributed by atoms with Gasteiger partial charge < -0.3 is 25.8 Å². The lowest BCUT2D eigenvalue weighted by atomic mass is 10.0. The van der Waals surface area contributed by atoms with E-state index in [4.69, 9.17) is 20.6 Å². The summed E-state index contributed by atoms with van der Waals surface area (Å²) in [6.07, 6.45) is -5.36. The van der Waals surface area contributed by atoms with Crippen LogP contribution in [0.25, 0.3) is 0 Å². The summed E-state index contributed by atoms with van der Waals surface area (Å²) in [7, 11) is -4.51. The van der Waals surface area contributed by atoms with Crippen molar-refractivity contribution in [1.29, 1.82) is 5.41 Å². The molecule has 3 aromatic rings. The van der Waals surface area contributed by atoms with Crippen LogP contribution in [-0.4, -0.2) is 45.0 Å². The molecule has 0 aliphatic heterocycles. The Morgan fingerprint density at radius 2 is 1.66 bits per heavy atom. The molecule has 7 N–H and O–H groups in total. The third-order valence-corrected chi connectivity index (χ3v) is 6.95. The first kappa shape index (κ1) is 33.7. The van der Waals surface area contributed by atoms with E-state index in [1.165, 1.54) is 0 Å². The predicted octanol–water partition coefficient (Wildman–Crippen LogP) is 3.82. The van der Waals surface area contributed by atoms with E-state index in [9.17, 15) is 31.2 Å². The maximum atomic E-state index is 13.4. The zero-order valence-corrected chi connectivity index (χ0v) is 24.6. The molecule has 0 heterocycles. The van der Waals surface area contributed by atoms with Crippen LogP contribution < -0.4 is 36.1 Å². The standard InChI is InChI=1S/C28H31F3N6O6S/c1-4-42-23-14-18(10-13-22(23)43-16(2)3)24(34-19-11-8-17(9-12-19)25(32)33)26(38)36-37-44(40,41)21-7-5-6-20(15-21)35-27(39)28(29,30)31/h5-16,24,34,37H,4H2,1-3H3,(H3,32,33)(H,35,39)(H,36,38). The smallest absolute Gasteiger partial charge is 0.471 e. The summed E-state index contributed by atoms with van der Waals surface area (Å²) in [5, 5.41) is 12.1. The van der Waals surface area contributed by atoms with E-state index in [1.807, 2.05) is 18.7 Å². The Hall–Kier alpha value is -4.83. The largest absolute Gasteiger partial charge is 0.490 e. The maximum absolute atomic E-state index is 13.4. The number of amides is 2. The number of carbonyl (C=O) groups is 2. The van der Waals surface area contributed by atoms with Crippen molar-refractivity contribution in [3.8, 4) is 11.5 Å². The lowest BCUT2D eigenvalue weighted by Gasteiger charge is -2.22. The molecule has 0 saturated heterocycles. The quantitative estimate of drug-likeness (QED) is 0.0929. The number of halogens is 3. The summed E-state index contributed by atoms with van der Waals surface area (Å²) in [6.45, 7) is 5.72. The molecule has 44 heavy (non-hydrogen) atoms. The normalized spacial score (nSPS) is 12.2. The van der Waals surface area contributed by atoms with Gasteiger partial charge >= 0.3 is 12.1 Å². The maximum Gasteiger partial charge on any atom is 0.471 e. The van der Waals surface area contributed by atoms with Crippen molar-refractivity contribution in [3.63, 3.8) is 0 Å². The van der Waals surface area contributed by atoms with Crippen molar-refractivity contribution in [2.75, 3.05) is 17.2 Å². The Balaban J connectivity index is 1.90. The Bertz CT molecular complexity index is 1610. The van der Waals surface area contributed by atoms with Crippen LogP contribution in [0, 0.1) is 5.41 Å². The summed E-state index contributed by atoms with van der Waals surface area (Å²) in [4.78, 5) is 26.1. The van der Waals surface area contributed by atoms with E-state index in [2.05, 4.69) is 10.7 Å². The molecule has 0 fully saturated rings. The average molecular weight is 637 g/mol. The number of nitrogens with two attached hydrogens (primary N) is 1. The molecule has 1 unspecified atom stereocenters. The lowest BCUT2D eigenvalue weighted by molar-refractivity contribution is -0.167. The van der Waals surface area contributed by atoms with Crippen molar-refractivity contribution in [2.24, 2.45) is 5.73 Å². The fourth-order valence-corrected chi connectivity index (χ4v) is 4.62. The predicted molar refractivity (Wildman–Crippen MR) is 157 cm³/mol. The highest BCUT2D eigenvalue weighted by Gasteiger charge is 2.38. The number of anilines is 2. The molecular formula is C28H31F3N6O6S. The van der Waals surface area contributed by atoms with E-state index in [1.54, 1.807) is 54.7 Å². The topological polar surface area (TPSA) is 185 Å². The molecule has 0 aliphatic rings. The number of rotatable bonds is 13. The molecule has 0 spiro atoms. The van der Waals surface area contributed by atoms with Gasteiger partial charge in [-0.25, -0.2) is 8.42 Å². The highest BCUT2D eigenvalue weighted by molar-refractivity contribution is 7.89. The zero-order chi connectivity index (χ0) is 32.7. The molecule has 1 atom stereocenters. The minimum absolute atomic E-state index is 0.163. The van der Waals surface area contributed by atoms with E-state index in [0.29, 0.717) is 28.3 Å². The first-order valence-electron chi connectivity index (χ1n) is 13.0. The Kier molecular flexibility index (Phi) is 10.8. The molecule has 12 nitrogen and oxygen atoms in total. The Labute approximate surface area is 251 Å². The summed E-state index contributed by atoms with van der Waals surface area (Å²) in [5.41, 5.74) is 8.42. The number of hydrogen-bond donors (Lipinski definition) is 6. The zero-order valence-electron chi connectivity index (χ0n) is 23.8. The highest BCUT2D eigenvalue weighted by Crippen LogP contribution is 2.33. The molecule has 0 saturated carbocycles. The van der Waals surface area contributed by atoms with E-state index in [-0.39, 0.29) is 18.5 Å². The minimum Gasteiger partial charge on any atom is -0.490 e. The molecule has 0 aliphatic carbocycles. The van der Waals surface area contributed by atoms with Gasteiger partial charge in [-0.1, -0.05) is 12.1 Å². The van der Waals surface area contributed by atoms with Crippen LogP contribution in [0.5, 0.6) is 11.5 Å². The molecule has 3 aromatic carbocycles. The third-order valence-electron chi connectivity index (χ3n) is 5.70. The van der Waals surface area contributed by atoms with Gasteiger partial charge in [0.15, 0.2) is 11.5 Å². The van der Waals surface area contributed by atoms with E-state index >= 15 is 0 Å². The fourth-order valence-electron chi connectivity index (χ4n) is 3.73. The van der Waals surface area contributed by atoms with Crippen LogP contribution in [0.3, 0.4) is 0 Å². The van der Waals surface area contributed by atoms with Crippen molar-refractivity contribution in [3.05, 3.63) is 77.9 Å². The monoisotopic (exact) mass is 636 g/mol. The molecule has 236 valence electrons. The fraction of sp³-hybridized carbons (Fsp3) is 0.250. The van der Waals surface area contributed by atoms with Gasteiger partial charge in [0.25, 0.3) is 15.9 Å². The second kappa shape index (κ2) is 14.1. The highest BCUT2D eigenvalue weighted by atomic mass is 32.2. The van der Waals surface area contributed by atoms with Gasteiger partial charge in [0.2, 0.25) is 0 Å². The first-order valence-corrected chi connectivity index (χ1v) is 14.5. The van der Waals surface area contributed by atoms with Crippen LogP contribution in [-0.2, 0) is 19.6 Å². The second-order valence-electron chi connectivity index (χ2n) is 9.45. The number of sulfonamides is 1. The SMILES string of the molecule is CCOc1cc(C(Nc2ccc(C(=N)N)cc2)C(=O)NNS(=O)(=O)c2cccc(NC(=O)C(F)(F)F)c2)ccc1OC(C)C. The second-order valence-corrected chi connectivity index (χ2v) is 11.1. The number of hydrogen-bond acceptors (Lipinski definition) is 8. The molecule has 3 rings (SSSR count). The number of nitrogen functional groups attached to an aromatic ring is 1. The number of ether oxygens (including phenoxy) is 2. The summed E-state index contributed by atoms with van der Waals surface area (Å²) < 4.78 is 75.2. The van der Waals surface area contributed by atoms with Crippen LogP contribution >= 0.6 is 0 Å². The van der Waals surface area contributed by atoms with Gasteiger partial charge in [0, 0.05) is 16.9 Å². The van der Waals surface area contributed by atoms with Gasteiger partial charge in [0.1, 0.15) is 11.9 Å². The summed E-state index contributed by atoms with van der Waals surface area (Å²) in [6, 6.07) is 13.8. The van der Waals surface area contributed by atoms with Crippen LogP contribution in [0.15, 0.2) is 71.6 Å². The van der Waals surface area contributed by atoms with Crippen LogP contribution in [0.4, 0.5) is 24.5 Å². The third kappa shape index (κ3) is 9.08. The number of benzene rings is 3. The van der Waals surface area contributed by atoms with E-state index in [0.717, 1.165) is 24.3 Å². The van der Waals surface area contributed by atoms with Gasteiger partial charge in [0.05, 0.1) is 17.6 Å². The number of hydrazine groups is 1. The van der Waals surface area contributed by atoms with Crippen LogP contribution in [0.1, 0.15) is 37.9 Å². The van der Waals surface area contributed by atoms with Crippen molar-refractivity contribution >= 4 is 39.0 Å². The first-order chi connectivity index (χ1) is 20.6. The molecule has 0 aromatic heterocycles. The van der Waals surface area contributed by atoms with Gasteiger partial charge in [-0.3, -0.25) is 20.4 Å². The lowest BCUT2D eigenvalue weighted by Crippen LogP contribution is -2.45. The molecule has 16 heteroatoms. The van der Waals surface area contributed by atoms with Gasteiger partial charge in [-0.15, -0.1) is 4.83 Å². The van der Waals surface area contributed by atoms with Gasteiger partial charge in [-0.05, 0) is 80.9 Å². The molecule has 2 amide bonds. The Morgan fingerprint density at radius 3 is 2.25 bits per heavy atom. The number of alkyl halides is 3. The van der Waals surface area contributed by atoms with Gasteiger partial charge in [-0.2, -0.15) is 13.2 Å². The minimum atomic E-state index is -5.18. The number of carbonyl (C=O) groups excluding carboxylic acids is 2. The average Bonchev–Trinajstić information content (AvgIpc) is 2.95. The molecule has 0 bridgehead atoms. The summed E-state index contributed by atoms with van der Waals surface area (Å²) in [5.74, 6) is -2.55. The van der Waals surface area contributed by atoms with Crippen LogP contribution in [0.2, 0.25) is 0 Å². The number of amidine groups is 1. The van der Waals surface area contributed by atoms with Crippen molar-refractivity contribution in [2.45, 2.75) is 44.0 Å². The van der Waals surface area contributed by atoms with Crippen molar-refractivity contribution in [1.82, 2.24) is 10.3 Å². The molecular weight excluding hydrogens is 605 g/mol. The number of nitrogens with one attached hydrogen (secondary N) is 5. The van der Waals surface area contributed by atoms with E-state index < -0.39 is 44.6 Å². The Morgan fingerprint density at radius 1 is 0.977 bits per heavy atom. The van der Waals surface area contributed by atoms with Crippen molar-refractivity contribution < 1.29 is 40.7 Å². The summed E-state index contributed by atoms with van der Waals surface area (Å²) >= 11 is 0. The molecule has 0 radical (unpaired) electrons.